The second-order valence-corrected chi connectivity index (χ2v) is 6.12. The van der Waals surface area contributed by atoms with Crippen LogP contribution in [0.4, 0.5) is 0 Å². The highest BCUT2D eigenvalue weighted by molar-refractivity contribution is 5.86. The number of hydrogen-bond acceptors (Lipinski definition) is 5. The number of tetrazole rings is 1. The molecular formula is C15H20N6O. The van der Waals surface area contributed by atoms with Gasteiger partial charge in [0.1, 0.15) is 0 Å². The Balaban J connectivity index is 1.87. The quantitative estimate of drug-likeness (QED) is 0.879. The Kier molecular flexibility index (Phi) is 3.66. The summed E-state index contributed by atoms with van der Waals surface area (Å²) in [5.41, 5.74) is 2.69. The lowest BCUT2D eigenvalue weighted by Gasteiger charge is -2.41. The standard InChI is InChI=1S/C15H20N6O/c1-10-4-5-11(8-12(10)13-17-19-20-18-13)9-21-7-6-16-14(22)15(21,2)3/h4-5,8H,6-7,9H2,1-3H3,(H,16,22)(H,17,18,19,20). The maximum absolute atomic E-state index is 12.0. The molecule has 1 saturated heterocycles. The first kappa shape index (κ1) is 14.6. The molecule has 0 spiro atoms. The summed E-state index contributed by atoms with van der Waals surface area (Å²) in [6, 6.07) is 6.21. The fourth-order valence-electron chi connectivity index (χ4n) is 2.73. The molecule has 1 fully saturated rings. The Bertz CT molecular complexity index is 679. The van der Waals surface area contributed by atoms with Crippen molar-refractivity contribution in [3.8, 4) is 11.4 Å². The number of aromatic amines is 1. The molecule has 1 amide bonds. The van der Waals surface area contributed by atoms with Crippen LogP contribution in [0, 0.1) is 6.92 Å². The molecule has 2 aromatic rings. The van der Waals surface area contributed by atoms with Crippen molar-refractivity contribution in [2.45, 2.75) is 32.9 Å². The second kappa shape index (κ2) is 5.49. The summed E-state index contributed by atoms with van der Waals surface area (Å²) < 4.78 is 0. The van der Waals surface area contributed by atoms with Crippen molar-refractivity contribution in [2.24, 2.45) is 0 Å². The molecule has 116 valence electrons. The van der Waals surface area contributed by atoms with Crippen LogP contribution in [0.15, 0.2) is 18.2 Å². The van der Waals surface area contributed by atoms with E-state index in [0.717, 1.165) is 23.2 Å². The zero-order valence-corrected chi connectivity index (χ0v) is 13.1. The molecule has 7 nitrogen and oxygen atoms in total. The molecule has 22 heavy (non-hydrogen) atoms. The first-order valence-corrected chi connectivity index (χ1v) is 7.35. The lowest BCUT2D eigenvalue weighted by atomic mass is 9.97. The number of benzene rings is 1. The smallest absolute Gasteiger partial charge is 0.240 e. The van der Waals surface area contributed by atoms with Gasteiger partial charge in [-0.25, -0.2) is 0 Å². The van der Waals surface area contributed by atoms with Crippen LogP contribution in [0.1, 0.15) is 25.0 Å². The highest BCUT2D eigenvalue weighted by Crippen LogP contribution is 2.24. The van der Waals surface area contributed by atoms with E-state index in [-0.39, 0.29) is 5.91 Å². The van der Waals surface area contributed by atoms with Crippen LogP contribution >= 0.6 is 0 Å². The number of carbonyl (C=O) groups is 1. The fraction of sp³-hybridized carbons (Fsp3) is 0.467. The molecule has 1 aromatic heterocycles. The van der Waals surface area contributed by atoms with Crippen LogP contribution in [0.25, 0.3) is 11.4 Å². The van der Waals surface area contributed by atoms with Crippen molar-refractivity contribution in [3.63, 3.8) is 0 Å². The number of amides is 1. The molecule has 2 heterocycles. The number of hydrogen-bond donors (Lipinski definition) is 2. The Morgan fingerprint density at radius 1 is 1.36 bits per heavy atom. The number of nitrogens with zero attached hydrogens (tertiary/aromatic N) is 4. The number of aromatic nitrogens is 4. The van der Waals surface area contributed by atoms with Gasteiger partial charge in [0.25, 0.3) is 0 Å². The first-order valence-electron chi connectivity index (χ1n) is 7.35. The molecule has 0 aliphatic carbocycles. The third kappa shape index (κ3) is 2.59. The summed E-state index contributed by atoms with van der Waals surface area (Å²) in [6.07, 6.45) is 0. The van der Waals surface area contributed by atoms with Gasteiger partial charge in [0.15, 0.2) is 0 Å². The number of rotatable bonds is 3. The zero-order chi connectivity index (χ0) is 15.7. The summed E-state index contributed by atoms with van der Waals surface area (Å²) >= 11 is 0. The summed E-state index contributed by atoms with van der Waals surface area (Å²) in [7, 11) is 0. The zero-order valence-electron chi connectivity index (χ0n) is 13.1. The SMILES string of the molecule is Cc1ccc(CN2CCNC(=O)C2(C)C)cc1-c1nn[nH]n1. The molecule has 0 atom stereocenters. The average Bonchev–Trinajstić information content (AvgIpc) is 3.00. The van der Waals surface area contributed by atoms with Crippen molar-refractivity contribution < 1.29 is 4.79 Å². The molecule has 0 unspecified atom stereocenters. The second-order valence-electron chi connectivity index (χ2n) is 6.12. The molecule has 2 N–H and O–H groups in total. The van der Waals surface area contributed by atoms with Crippen LogP contribution in [0.2, 0.25) is 0 Å². The summed E-state index contributed by atoms with van der Waals surface area (Å²) in [4.78, 5) is 14.2. The van der Waals surface area contributed by atoms with Crippen molar-refractivity contribution in [1.82, 2.24) is 30.8 Å². The fourth-order valence-corrected chi connectivity index (χ4v) is 2.73. The molecule has 1 aliphatic heterocycles. The monoisotopic (exact) mass is 300 g/mol. The predicted molar refractivity (Wildman–Crippen MR) is 81.8 cm³/mol. The highest BCUT2D eigenvalue weighted by Gasteiger charge is 2.37. The number of H-pyrrole nitrogens is 1. The minimum Gasteiger partial charge on any atom is -0.353 e. The van der Waals surface area contributed by atoms with Gasteiger partial charge in [-0.2, -0.15) is 5.21 Å². The van der Waals surface area contributed by atoms with Crippen LogP contribution in [-0.4, -0.2) is 50.1 Å². The van der Waals surface area contributed by atoms with E-state index in [0.29, 0.717) is 18.9 Å². The van der Waals surface area contributed by atoms with E-state index in [1.165, 1.54) is 0 Å². The van der Waals surface area contributed by atoms with Crippen LogP contribution in [0.3, 0.4) is 0 Å². The van der Waals surface area contributed by atoms with Crippen molar-refractivity contribution in [3.05, 3.63) is 29.3 Å². The molecule has 7 heteroatoms. The Labute approximate surface area is 129 Å². The van der Waals surface area contributed by atoms with Gasteiger partial charge < -0.3 is 5.32 Å². The minimum atomic E-state index is -0.505. The number of nitrogens with one attached hydrogen (secondary N) is 2. The van der Waals surface area contributed by atoms with Gasteiger partial charge in [-0.15, -0.1) is 10.2 Å². The van der Waals surface area contributed by atoms with Gasteiger partial charge in [0.05, 0.1) is 5.54 Å². The third-order valence-corrected chi connectivity index (χ3v) is 4.28. The van der Waals surface area contributed by atoms with E-state index in [2.05, 4.69) is 49.0 Å². The summed E-state index contributed by atoms with van der Waals surface area (Å²) in [5, 5.41) is 17.1. The molecule has 1 aromatic carbocycles. The van der Waals surface area contributed by atoms with Gasteiger partial charge >= 0.3 is 0 Å². The van der Waals surface area contributed by atoms with E-state index >= 15 is 0 Å². The van der Waals surface area contributed by atoms with Gasteiger partial charge in [-0.05, 0) is 43.2 Å². The van der Waals surface area contributed by atoms with Crippen molar-refractivity contribution in [2.75, 3.05) is 13.1 Å². The van der Waals surface area contributed by atoms with E-state index < -0.39 is 5.54 Å². The van der Waals surface area contributed by atoms with E-state index in [4.69, 9.17) is 0 Å². The summed E-state index contributed by atoms with van der Waals surface area (Å²) in [5.74, 6) is 0.666. The highest BCUT2D eigenvalue weighted by atomic mass is 16.2. The Hall–Kier alpha value is -2.28. The first-order chi connectivity index (χ1) is 10.5. The number of piperazine rings is 1. The number of carbonyl (C=O) groups excluding carboxylic acids is 1. The predicted octanol–water partition coefficient (Wildman–Crippen LogP) is 0.886. The maximum Gasteiger partial charge on any atom is 0.240 e. The number of aryl methyl sites for hydroxylation is 1. The van der Waals surface area contributed by atoms with Crippen molar-refractivity contribution in [1.29, 1.82) is 0 Å². The normalized spacial score (nSPS) is 18.2. The van der Waals surface area contributed by atoms with E-state index in [9.17, 15) is 4.79 Å². The van der Waals surface area contributed by atoms with Gasteiger partial charge in [-0.1, -0.05) is 12.1 Å². The maximum atomic E-state index is 12.0. The van der Waals surface area contributed by atoms with Gasteiger partial charge in [-0.3, -0.25) is 9.69 Å². The van der Waals surface area contributed by atoms with Crippen LogP contribution in [-0.2, 0) is 11.3 Å². The molecular weight excluding hydrogens is 280 g/mol. The molecule has 0 radical (unpaired) electrons. The average molecular weight is 300 g/mol. The van der Waals surface area contributed by atoms with E-state index in [1.807, 2.05) is 20.8 Å². The molecule has 1 aliphatic rings. The van der Waals surface area contributed by atoms with Crippen molar-refractivity contribution >= 4 is 5.91 Å². The summed E-state index contributed by atoms with van der Waals surface area (Å²) in [6.45, 7) is 8.17. The largest absolute Gasteiger partial charge is 0.353 e. The minimum absolute atomic E-state index is 0.0734. The molecule has 3 rings (SSSR count). The van der Waals surface area contributed by atoms with Crippen LogP contribution in [0.5, 0.6) is 0 Å². The van der Waals surface area contributed by atoms with Gasteiger partial charge in [0, 0.05) is 25.2 Å². The third-order valence-electron chi connectivity index (χ3n) is 4.28. The lowest BCUT2D eigenvalue weighted by Crippen LogP contribution is -2.61. The lowest BCUT2D eigenvalue weighted by molar-refractivity contribution is -0.135. The Morgan fingerprint density at radius 2 is 2.18 bits per heavy atom. The molecule has 0 saturated carbocycles. The van der Waals surface area contributed by atoms with E-state index in [1.54, 1.807) is 0 Å². The van der Waals surface area contributed by atoms with Gasteiger partial charge in [0.2, 0.25) is 11.7 Å². The molecule has 0 bridgehead atoms. The van der Waals surface area contributed by atoms with Crippen LogP contribution < -0.4 is 5.32 Å². The Morgan fingerprint density at radius 3 is 2.91 bits per heavy atom. The topological polar surface area (TPSA) is 86.8 Å².